The van der Waals surface area contributed by atoms with Crippen molar-refractivity contribution in [1.29, 1.82) is 0 Å². The molecule has 1 fully saturated rings. The smallest absolute Gasteiger partial charge is 0.224 e. The Morgan fingerprint density at radius 2 is 2.04 bits per heavy atom. The lowest BCUT2D eigenvalue weighted by atomic mass is 9.98. The monoisotopic (exact) mass is 370 g/mol. The molecule has 2 atom stereocenters. The van der Waals surface area contributed by atoms with Gasteiger partial charge in [-0.1, -0.05) is 12.1 Å². The summed E-state index contributed by atoms with van der Waals surface area (Å²) in [4.78, 5) is 12.4. The zero-order chi connectivity index (χ0) is 18.4. The topological polar surface area (TPSA) is 84.9 Å². The van der Waals surface area contributed by atoms with Crippen LogP contribution in [0.15, 0.2) is 24.3 Å². The summed E-state index contributed by atoms with van der Waals surface area (Å²) < 4.78 is 35.6. The second-order valence-electron chi connectivity index (χ2n) is 6.33. The summed E-state index contributed by atoms with van der Waals surface area (Å²) >= 11 is 0. The van der Waals surface area contributed by atoms with Crippen LogP contribution in [0.1, 0.15) is 19.8 Å². The maximum atomic E-state index is 12.4. The van der Waals surface area contributed by atoms with Crippen LogP contribution in [0.25, 0.3) is 0 Å². The molecular formula is C17H26N2O5S. The molecule has 0 unspecified atom stereocenters. The van der Waals surface area contributed by atoms with Crippen molar-refractivity contribution in [3.05, 3.63) is 24.3 Å². The number of nitrogens with one attached hydrogen (secondary N) is 1. The minimum atomic E-state index is -3.26. The summed E-state index contributed by atoms with van der Waals surface area (Å²) in [6.45, 7) is 2.87. The quantitative estimate of drug-likeness (QED) is 0.781. The molecule has 0 aliphatic carbocycles. The van der Waals surface area contributed by atoms with Gasteiger partial charge in [0.1, 0.15) is 6.61 Å². The molecule has 0 bridgehead atoms. The number of amides is 1. The maximum Gasteiger partial charge on any atom is 0.224 e. The third-order valence-corrected chi connectivity index (χ3v) is 5.44. The van der Waals surface area contributed by atoms with E-state index in [0.717, 1.165) is 0 Å². The number of piperidine rings is 1. The normalized spacial score (nSPS) is 19.9. The van der Waals surface area contributed by atoms with E-state index < -0.39 is 10.0 Å². The van der Waals surface area contributed by atoms with Gasteiger partial charge in [-0.3, -0.25) is 4.79 Å². The first-order valence-electron chi connectivity index (χ1n) is 8.32. The number of methoxy groups -OCH3 is 1. The van der Waals surface area contributed by atoms with Crippen molar-refractivity contribution in [3.63, 3.8) is 0 Å². The molecular weight excluding hydrogens is 344 g/mol. The first-order chi connectivity index (χ1) is 11.8. The van der Waals surface area contributed by atoms with Gasteiger partial charge in [-0.25, -0.2) is 12.7 Å². The van der Waals surface area contributed by atoms with Gasteiger partial charge in [0.25, 0.3) is 0 Å². The van der Waals surface area contributed by atoms with E-state index in [2.05, 4.69) is 5.32 Å². The first kappa shape index (κ1) is 19.5. The molecule has 1 aliphatic rings. The SMILES string of the molecule is COc1ccccc1OC[C@@H](C)NC(=O)[C@@H]1CCCN(S(C)(=O)=O)C1. The average Bonchev–Trinajstić information content (AvgIpc) is 2.59. The Hall–Kier alpha value is -1.80. The van der Waals surface area contributed by atoms with Crippen LogP contribution in [0, 0.1) is 5.92 Å². The fraction of sp³-hybridized carbons (Fsp3) is 0.588. The molecule has 1 N–H and O–H groups in total. The van der Waals surface area contributed by atoms with Gasteiger partial charge in [0.2, 0.25) is 15.9 Å². The molecule has 1 saturated heterocycles. The summed E-state index contributed by atoms with van der Waals surface area (Å²) in [5.41, 5.74) is 0. The average molecular weight is 370 g/mol. The lowest BCUT2D eigenvalue weighted by Gasteiger charge is -2.30. The van der Waals surface area contributed by atoms with Gasteiger partial charge in [-0.05, 0) is 31.9 Å². The fourth-order valence-corrected chi connectivity index (χ4v) is 3.72. The van der Waals surface area contributed by atoms with Gasteiger partial charge < -0.3 is 14.8 Å². The summed E-state index contributed by atoms with van der Waals surface area (Å²) in [6.07, 6.45) is 2.56. The lowest BCUT2D eigenvalue weighted by Crippen LogP contribution is -2.47. The van der Waals surface area contributed by atoms with Gasteiger partial charge in [0.15, 0.2) is 11.5 Å². The number of ether oxygens (including phenoxy) is 2. The van der Waals surface area contributed by atoms with E-state index in [-0.39, 0.29) is 24.4 Å². The van der Waals surface area contributed by atoms with Gasteiger partial charge in [-0.2, -0.15) is 0 Å². The lowest BCUT2D eigenvalue weighted by molar-refractivity contribution is -0.126. The molecule has 8 heteroatoms. The summed E-state index contributed by atoms with van der Waals surface area (Å²) in [7, 11) is -1.69. The number of carbonyl (C=O) groups excluding carboxylic acids is 1. The third kappa shape index (κ3) is 5.61. The minimum Gasteiger partial charge on any atom is -0.493 e. The maximum absolute atomic E-state index is 12.4. The number of rotatable bonds is 7. The fourth-order valence-electron chi connectivity index (χ4n) is 2.81. The number of nitrogens with zero attached hydrogens (tertiary/aromatic N) is 1. The van der Waals surface area contributed by atoms with Crippen molar-refractivity contribution < 1.29 is 22.7 Å². The van der Waals surface area contributed by atoms with E-state index >= 15 is 0 Å². The molecule has 2 rings (SSSR count). The van der Waals surface area contributed by atoms with Crippen molar-refractivity contribution in [2.75, 3.05) is 33.1 Å². The predicted octanol–water partition coefficient (Wildman–Crippen LogP) is 1.25. The van der Waals surface area contributed by atoms with Crippen molar-refractivity contribution in [1.82, 2.24) is 9.62 Å². The third-order valence-electron chi connectivity index (χ3n) is 4.17. The van der Waals surface area contributed by atoms with Gasteiger partial charge in [-0.15, -0.1) is 0 Å². The van der Waals surface area contributed by atoms with Crippen molar-refractivity contribution in [2.45, 2.75) is 25.8 Å². The molecule has 0 aromatic heterocycles. The van der Waals surface area contributed by atoms with Gasteiger partial charge in [0, 0.05) is 13.1 Å². The highest BCUT2D eigenvalue weighted by molar-refractivity contribution is 7.88. The second-order valence-corrected chi connectivity index (χ2v) is 8.31. The minimum absolute atomic E-state index is 0.135. The highest BCUT2D eigenvalue weighted by Crippen LogP contribution is 2.25. The Bertz CT molecular complexity index is 692. The zero-order valence-electron chi connectivity index (χ0n) is 14.9. The second kappa shape index (κ2) is 8.53. The van der Waals surface area contributed by atoms with Crippen molar-refractivity contribution in [3.8, 4) is 11.5 Å². The Morgan fingerprint density at radius 3 is 2.68 bits per heavy atom. The molecule has 25 heavy (non-hydrogen) atoms. The van der Waals surface area contributed by atoms with E-state index in [0.29, 0.717) is 37.5 Å². The largest absolute Gasteiger partial charge is 0.493 e. The van der Waals surface area contributed by atoms with Crippen LogP contribution in [-0.2, 0) is 14.8 Å². The molecule has 1 aromatic carbocycles. The van der Waals surface area contributed by atoms with Crippen molar-refractivity contribution in [2.24, 2.45) is 5.92 Å². The molecule has 0 radical (unpaired) electrons. The first-order valence-corrected chi connectivity index (χ1v) is 10.2. The highest BCUT2D eigenvalue weighted by Gasteiger charge is 2.30. The zero-order valence-corrected chi connectivity index (χ0v) is 15.7. The van der Waals surface area contributed by atoms with Crippen LogP contribution in [0.4, 0.5) is 0 Å². The molecule has 1 heterocycles. The Kier molecular flexibility index (Phi) is 6.66. The highest BCUT2D eigenvalue weighted by atomic mass is 32.2. The number of carbonyl (C=O) groups is 1. The molecule has 140 valence electrons. The number of hydrogen-bond acceptors (Lipinski definition) is 5. The van der Waals surface area contributed by atoms with E-state index in [1.807, 2.05) is 19.1 Å². The van der Waals surface area contributed by atoms with Crippen molar-refractivity contribution >= 4 is 15.9 Å². The Labute approximate surface area is 149 Å². The molecule has 0 spiro atoms. The van der Waals surface area contributed by atoms with Crippen LogP contribution in [0.2, 0.25) is 0 Å². The van der Waals surface area contributed by atoms with Gasteiger partial charge >= 0.3 is 0 Å². The summed E-state index contributed by atoms with van der Waals surface area (Å²) in [6, 6.07) is 7.11. The van der Waals surface area contributed by atoms with E-state index in [1.165, 1.54) is 10.6 Å². The molecule has 1 amide bonds. The molecule has 1 aliphatic heterocycles. The number of benzene rings is 1. The van der Waals surface area contributed by atoms with E-state index in [4.69, 9.17) is 9.47 Å². The van der Waals surface area contributed by atoms with E-state index in [1.54, 1.807) is 19.2 Å². The standard InChI is InChI=1S/C17H26N2O5S/c1-13(12-24-16-9-5-4-8-15(16)23-2)18-17(20)14-7-6-10-19(11-14)25(3,21)22/h4-5,8-9,13-14H,6-7,10-12H2,1-3H3,(H,18,20)/t13-,14-/m1/s1. The number of para-hydroxylation sites is 2. The van der Waals surface area contributed by atoms with Gasteiger partial charge in [0.05, 0.1) is 25.3 Å². The summed E-state index contributed by atoms with van der Waals surface area (Å²) in [5, 5.41) is 2.90. The predicted molar refractivity (Wildman–Crippen MR) is 95.2 cm³/mol. The molecule has 0 saturated carbocycles. The summed E-state index contributed by atoms with van der Waals surface area (Å²) in [5.74, 6) is 0.797. The number of hydrogen-bond donors (Lipinski definition) is 1. The van der Waals surface area contributed by atoms with E-state index in [9.17, 15) is 13.2 Å². The van der Waals surface area contributed by atoms with Crippen LogP contribution >= 0.6 is 0 Å². The van der Waals surface area contributed by atoms with Crippen LogP contribution in [0.5, 0.6) is 11.5 Å². The Balaban J connectivity index is 1.85. The molecule has 1 aromatic rings. The van der Waals surface area contributed by atoms with Crippen LogP contribution < -0.4 is 14.8 Å². The Morgan fingerprint density at radius 1 is 1.36 bits per heavy atom. The number of sulfonamides is 1. The van der Waals surface area contributed by atoms with Crippen LogP contribution in [-0.4, -0.2) is 57.7 Å². The molecule has 7 nitrogen and oxygen atoms in total. The van der Waals surface area contributed by atoms with Crippen LogP contribution in [0.3, 0.4) is 0 Å².